The van der Waals surface area contributed by atoms with E-state index in [4.69, 9.17) is 9.47 Å². The van der Waals surface area contributed by atoms with Crippen molar-refractivity contribution in [1.29, 1.82) is 0 Å². The molecule has 0 aliphatic carbocycles. The highest BCUT2D eigenvalue weighted by Gasteiger charge is 2.11. The Labute approximate surface area is 142 Å². The molecule has 0 spiro atoms. The van der Waals surface area contributed by atoms with Gasteiger partial charge in [-0.25, -0.2) is 4.98 Å². The molecule has 0 atom stereocenters. The zero-order valence-corrected chi connectivity index (χ0v) is 14.3. The van der Waals surface area contributed by atoms with Crippen LogP contribution in [0.2, 0.25) is 0 Å². The molecule has 0 aliphatic heterocycles. The molecule has 24 heavy (non-hydrogen) atoms. The second kappa shape index (κ2) is 6.45. The Morgan fingerprint density at radius 1 is 1.29 bits per heavy atom. The maximum Gasteiger partial charge on any atom is 0.259 e. The second-order valence-electron chi connectivity index (χ2n) is 5.29. The van der Waals surface area contributed by atoms with Gasteiger partial charge in [0.05, 0.1) is 12.8 Å². The van der Waals surface area contributed by atoms with Gasteiger partial charge < -0.3 is 9.47 Å². The van der Waals surface area contributed by atoms with E-state index in [1.165, 1.54) is 31.4 Å². The number of carbonyl (C=O) groups excluding carboxylic acids is 1. The van der Waals surface area contributed by atoms with Crippen LogP contribution >= 0.6 is 11.3 Å². The molecule has 0 amide bonds. The SMILES string of the molecule is COc1cc(C(C)=O)ccc1OCc1cc(=O)n2c(C)csc2n1. The van der Waals surface area contributed by atoms with Crippen molar-refractivity contribution in [2.75, 3.05) is 7.11 Å². The van der Waals surface area contributed by atoms with Crippen LogP contribution in [0.5, 0.6) is 11.5 Å². The fourth-order valence-corrected chi connectivity index (χ4v) is 3.22. The number of rotatable bonds is 5. The molecule has 0 radical (unpaired) electrons. The predicted molar refractivity (Wildman–Crippen MR) is 91.4 cm³/mol. The standard InChI is InChI=1S/C17H16N2O4S/c1-10-9-24-17-18-13(7-16(21)19(10)17)8-23-14-5-4-12(11(2)20)6-15(14)22-3/h4-7,9H,8H2,1-3H3. The normalized spacial score (nSPS) is 10.8. The summed E-state index contributed by atoms with van der Waals surface area (Å²) in [6, 6.07) is 6.44. The fourth-order valence-electron chi connectivity index (χ4n) is 2.33. The Bertz CT molecular complexity index is 974. The van der Waals surface area contributed by atoms with E-state index < -0.39 is 0 Å². The van der Waals surface area contributed by atoms with Crippen molar-refractivity contribution in [1.82, 2.24) is 9.38 Å². The Kier molecular flexibility index (Phi) is 4.35. The van der Waals surface area contributed by atoms with Crippen molar-refractivity contribution in [2.45, 2.75) is 20.5 Å². The first kappa shape index (κ1) is 16.2. The summed E-state index contributed by atoms with van der Waals surface area (Å²) >= 11 is 1.41. The van der Waals surface area contributed by atoms with E-state index in [0.29, 0.717) is 27.7 Å². The van der Waals surface area contributed by atoms with Crippen LogP contribution in [0, 0.1) is 6.92 Å². The number of ether oxygens (including phenoxy) is 2. The first-order valence-electron chi connectivity index (χ1n) is 7.28. The maximum absolute atomic E-state index is 12.1. The van der Waals surface area contributed by atoms with Crippen LogP contribution in [0.4, 0.5) is 0 Å². The van der Waals surface area contributed by atoms with Gasteiger partial charge in [0.2, 0.25) is 0 Å². The number of thiazole rings is 1. The first-order chi connectivity index (χ1) is 11.5. The lowest BCUT2D eigenvalue weighted by atomic mass is 10.1. The van der Waals surface area contributed by atoms with Crippen LogP contribution in [0.3, 0.4) is 0 Å². The van der Waals surface area contributed by atoms with Crippen molar-refractivity contribution in [3.8, 4) is 11.5 Å². The van der Waals surface area contributed by atoms with E-state index in [0.717, 1.165) is 5.69 Å². The highest BCUT2D eigenvalue weighted by molar-refractivity contribution is 7.15. The van der Waals surface area contributed by atoms with Gasteiger partial charge in [-0.3, -0.25) is 14.0 Å². The quantitative estimate of drug-likeness (QED) is 0.666. The maximum atomic E-state index is 12.1. The number of methoxy groups -OCH3 is 1. The molecule has 3 aromatic rings. The average Bonchev–Trinajstić information content (AvgIpc) is 2.94. The fraction of sp³-hybridized carbons (Fsp3) is 0.235. The minimum atomic E-state index is -0.128. The van der Waals surface area contributed by atoms with Crippen molar-refractivity contribution in [3.63, 3.8) is 0 Å². The Hall–Kier alpha value is -2.67. The lowest BCUT2D eigenvalue weighted by molar-refractivity contribution is 0.101. The Morgan fingerprint density at radius 2 is 2.08 bits per heavy atom. The summed E-state index contributed by atoms with van der Waals surface area (Å²) < 4.78 is 12.5. The van der Waals surface area contributed by atoms with Gasteiger partial charge in [0.15, 0.2) is 22.2 Å². The summed E-state index contributed by atoms with van der Waals surface area (Å²) in [6.07, 6.45) is 0. The van der Waals surface area contributed by atoms with Gasteiger partial charge in [0, 0.05) is 22.7 Å². The number of benzene rings is 1. The number of aryl methyl sites for hydroxylation is 1. The number of aromatic nitrogens is 2. The monoisotopic (exact) mass is 344 g/mol. The van der Waals surface area contributed by atoms with Gasteiger partial charge in [-0.2, -0.15) is 0 Å². The topological polar surface area (TPSA) is 69.9 Å². The molecular formula is C17H16N2O4S. The van der Waals surface area contributed by atoms with E-state index in [2.05, 4.69) is 4.98 Å². The molecule has 0 unspecified atom stereocenters. The van der Waals surface area contributed by atoms with Gasteiger partial charge >= 0.3 is 0 Å². The number of hydrogen-bond donors (Lipinski definition) is 0. The van der Waals surface area contributed by atoms with Gasteiger partial charge in [-0.1, -0.05) is 0 Å². The highest BCUT2D eigenvalue weighted by atomic mass is 32.1. The van der Waals surface area contributed by atoms with E-state index in [1.807, 2.05) is 12.3 Å². The minimum absolute atomic E-state index is 0.0481. The van der Waals surface area contributed by atoms with Crippen molar-refractivity contribution >= 4 is 22.1 Å². The average molecular weight is 344 g/mol. The molecule has 0 saturated carbocycles. The summed E-state index contributed by atoms with van der Waals surface area (Å²) in [4.78, 5) is 28.6. The number of Topliss-reactive ketones (excluding diaryl/α,β-unsaturated/α-hetero) is 1. The lowest BCUT2D eigenvalue weighted by Crippen LogP contribution is -2.16. The number of carbonyl (C=O) groups is 1. The molecule has 6 nitrogen and oxygen atoms in total. The van der Waals surface area contributed by atoms with Gasteiger partial charge in [-0.05, 0) is 32.0 Å². The number of fused-ring (bicyclic) bond motifs is 1. The van der Waals surface area contributed by atoms with E-state index in [-0.39, 0.29) is 17.9 Å². The molecule has 0 aliphatic rings. The largest absolute Gasteiger partial charge is 0.493 e. The predicted octanol–water partition coefficient (Wildman–Crippen LogP) is 2.85. The molecule has 3 rings (SSSR count). The first-order valence-corrected chi connectivity index (χ1v) is 8.16. The second-order valence-corrected chi connectivity index (χ2v) is 6.13. The minimum Gasteiger partial charge on any atom is -0.493 e. The molecule has 1 aromatic carbocycles. The van der Waals surface area contributed by atoms with Crippen molar-refractivity contribution < 1.29 is 14.3 Å². The Morgan fingerprint density at radius 3 is 2.79 bits per heavy atom. The molecule has 0 N–H and O–H groups in total. The van der Waals surface area contributed by atoms with Crippen LogP contribution in [-0.4, -0.2) is 22.3 Å². The summed E-state index contributed by atoms with van der Waals surface area (Å²) in [5, 5.41) is 1.89. The van der Waals surface area contributed by atoms with Crippen LogP contribution in [0.25, 0.3) is 4.96 Å². The highest BCUT2D eigenvalue weighted by Crippen LogP contribution is 2.29. The molecule has 124 valence electrons. The Balaban J connectivity index is 1.86. The van der Waals surface area contributed by atoms with Crippen LogP contribution in [-0.2, 0) is 6.61 Å². The smallest absolute Gasteiger partial charge is 0.259 e. The third kappa shape index (κ3) is 3.03. The summed E-state index contributed by atoms with van der Waals surface area (Å²) in [7, 11) is 1.51. The van der Waals surface area contributed by atoms with E-state index in [9.17, 15) is 9.59 Å². The van der Waals surface area contributed by atoms with Crippen LogP contribution < -0.4 is 15.0 Å². The van der Waals surface area contributed by atoms with Crippen molar-refractivity contribution in [2.24, 2.45) is 0 Å². The van der Waals surface area contributed by atoms with Crippen molar-refractivity contribution in [3.05, 3.63) is 57.0 Å². The number of nitrogens with zero attached hydrogens (tertiary/aromatic N) is 2. The molecule has 0 saturated heterocycles. The summed E-state index contributed by atoms with van der Waals surface area (Å²) in [6.45, 7) is 3.49. The van der Waals surface area contributed by atoms with Gasteiger partial charge in [0.1, 0.15) is 6.61 Å². The molecule has 2 heterocycles. The van der Waals surface area contributed by atoms with E-state index in [1.54, 1.807) is 22.6 Å². The van der Waals surface area contributed by atoms with Gasteiger partial charge in [0.25, 0.3) is 5.56 Å². The summed E-state index contributed by atoms with van der Waals surface area (Å²) in [5.74, 6) is 0.910. The van der Waals surface area contributed by atoms with Crippen LogP contribution in [0.15, 0.2) is 34.4 Å². The molecule has 0 fully saturated rings. The number of ketones is 1. The summed E-state index contributed by atoms with van der Waals surface area (Å²) in [5.41, 5.74) is 1.82. The molecular weight excluding hydrogens is 328 g/mol. The van der Waals surface area contributed by atoms with Gasteiger partial charge in [-0.15, -0.1) is 11.3 Å². The zero-order valence-electron chi connectivity index (χ0n) is 13.5. The molecule has 7 heteroatoms. The van der Waals surface area contributed by atoms with Crippen LogP contribution in [0.1, 0.15) is 28.7 Å². The van der Waals surface area contributed by atoms with E-state index >= 15 is 0 Å². The molecule has 2 aromatic heterocycles. The zero-order chi connectivity index (χ0) is 17.3. The lowest BCUT2D eigenvalue weighted by Gasteiger charge is -2.11. The third-order valence-corrected chi connectivity index (χ3v) is 4.52. The molecule has 0 bridgehead atoms. The number of hydrogen-bond acceptors (Lipinski definition) is 6. The third-order valence-electron chi connectivity index (χ3n) is 3.57.